The summed E-state index contributed by atoms with van der Waals surface area (Å²) < 4.78 is 12.9. The summed E-state index contributed by atoms with van der Waals surface area (Å²) in [5, 5.41) is 0. The summed E-state index contributed by atoms with van der Waals surface area (Å²) in [6, 6.07) is 11.7. The van der Waals surface area contributed by atoms with Crippen LogP contribution in [0.4, 0.5) is 10.2 Å². The van der Waals surface area contributed by atoms with Gasteiger partial charge in [-0.3, -0.25) is 9.69 Å². The first kappa shape index (κ1) is 13.5. The Morgan fingerprint density at radius 2 is 1.71 bits per heavy atom. The summed E-state index contributed by atoms with van der Waals surface area (Å²) in [6.07, 6.45) is 1.89. The van der Waals surface area contributed by atoms with Gasteiger partial charge >= 0.3 is 0 Å². The normalized spacial score (nSPS) is 15.1. The van der Waals surface area contributed by atoms with Gasteiger partial charge in [0, 0.05) is 11.6 Å². The van der Waals surface area contributed by atoms with Crippen molar-refractivity contribution in [3.05, 3.63) is 60.0 Å². The van der Waals surface area contributed by atoms with E-state index in [9.17, 15) is 9.18 Å². The zero-order chi connectivity index (χ0) is 14.7. The number of anilines is 1. The number of aromatic nitrogens is 1. The molecule has 0 bridgehead atoms. The summed E-state index contributed by atoms with van der Waals surface area (Å²) in [5.74, 6) is 0.703. The molecular weight excluding hydrogens is 269 g/mol. The first-order chi connectivity index (χ1) is 10.2. The minimum atomic E-state index is -0.323. The molecule has 1 amide bonds. The van der Waals surface area contributed by atoms with Gasteiger partial charge < -0.3 is 4.90 Å². The Morgan fingerprint density at radius 3 is 2.33 bits per heavy atom. The van der Waals surface area contributed by atoms with E-state index in [1.54, 1.807) is 0 Å². The zero-order valence-corrected chi connectivity index (χ0v) is 11.6. The van der Waals surface area contributed by atoms with Gasteiger partial charge in [0.15, 0.2) is 0 Å². The van der Waals surface area contributed by atoms with Gasteiger partial charge in [0.25, 0.3) is 11.7 Å². The fraction of sp³-hybridized carbons (Fsp3) is 0.250. The predicted octanol–water partition coefficient (Wildman–Crippen LogP) is 1.60. The van der Waals surface area contributed by atoms with Crippen molar-refractivity contribution in [3.8, 4) is 0 Å². The van der Waals surface area contributed by atoms with Gasteiger partial charge in [-0.25, -0.2) is 9.37 Å². The third kappa shape index (κ3) is 3.02. The molecule has 1 aromatic carbocycles. The van der Waals surface area contributed by atoms with Crippen LogP contribution >= 0.6 is 0 Å². The maximum absolute atomic E-state index is 12.9. The Morgan fingerprint density at radius 1 is 1.00 bits per heavy atom. The number of halogens is 1. The highest BCUT2D eigenvalue weighted by molar-refractivity contribution is 5.94. The van der Waals surface area contributed by atoms with E-state index >= 15 is 0 Å². The fourth-order valence-corrected chi connectivity index (χ4v) is 2.51. The number of nitrogens with one attached hydrogen (secondary N) is 1. The first-order valence-corrected chi connectivity index (χ1v) is 7.00. The molecule has 1 N–H and O–H groups in total. The Hall–Kier alpha value is -2.43. The third-order valence-corrected chi connectivity index (χ3v) is 3.69. The molecule has 3 rings (SSSR count). The fourth-order valence-electron chi connectivity index (χ4n) is 2.51. The number of carbonyl (C=O) groups is 1. The number of nitrogens with zero attached hydrogens (tertiary/aromatic N) is 2. The number of pyridine rings is 1. The smallest absolute Gasteiger partial charge is 0.274 e. The van der Waals surface area contributed by atoms with E-state index in [-0.39, 0.29) is 11.7 Å². The Bertz CT molecular complexity index is 607. The summed E-state index contributed by atoms with van der Waals surface area (Å²) >= 11 is 0. The minimum Gasteiger partial charge on any atom is -0.331 e. The van der Waals surface area contributed by atoms with Gasteiger partial charge in [0.05, 0.1) is 19.3 Å². The number of hydrogen-bond acceptors (Lipinski definition) is 2. The van der Waals surface area contributed by atoms with Crippen molar-refractivity contribution < 1.29 is 14.2 Å². The van der Waals surface area contributed by atoms with Crippen LogP contribution in [0.1, 0.15) is 10.4 Å². The number of H-pyrrole nitrogens is 1. The van der Waals surface area contributed by atoms with Crippen LogP contribution in [0, 0.1) is 5.82 Å². The second-order valence-corrected chi connectivity index (χ2v) is 5.03. The Labute approximate surface area is 122 Å². The molecule has 108 valence electrons. The third-order valence-electron chi connectivity index (χ3n) is 3.69. The van der Waals surface area contributed by atoms with Crippen LogP contribution in [0.25, 0.3) is 0 Å². The van der Waals surface area contributed by atoms with Crippen LogP contribution in [0.5, 0.6) is 0 Å². The largest absolute Gasteiger partial charge is 0.331 e. The maximum Gasteiger partial charge on any atom is 0.274 e. The van der Waals surface area contributed by atoms with Gasteiger partial charge in [-0.1, -0.05) is 6.07 Å². The van der Waals surface area contributed by atoms with Crippen molar-refractivity contribution in [2.45, 2.75) is 0 Å². The molecular formula is C16H17FN3O+. The van der Waals surface area contributed by atoms with E-state index < -0.39 is 0 Å². The van der Waals surface area contributed by atoms with Gasteiger partial charge in [0.2, 0.25) is 0 Å². The average molecular weight is 286 g/mol. The van der Waals surface area contributed by atoms with Gasteiger partial charge in [-0.15, -0.1) is 0 Å². The van der Waals surface area contributed by atoms with Crippen LogP contribution in [0.3, 0.4) is 0 Å². The lowest BCUT2D eigenvalue weighted by Gasteiger charge is -2.31. The molecule has 4 nitrogen and oxygen atoms in total. The topological polar surface area (TPSA) is 37.7 Å². The van der Waals surface area contributed by atoms with Crippen LogP contribution in [-0.4, -0.2) is 37.0 Å². The molecule has 21 heavy (non-hydrogen) atoms. The summed E-state index contributed by atoms with van der Waals surface area (Å²) in [7, 11) is 0. The highest BCUT2D eigenvalue weighted by Gasteiger charge is 2.26. The molecule has 0 saturated carbocycles. The van der Waals surface area contributed by atoms with Crippen LogP contribution in [0.15, 0.2) is 48.7 Å². The van der Waals surface area contributed by atoms with E-state index in [2.05, 4.69) is 9.88 Å². The van der Waals surface area contributed by atoms with Gasteiger partial charge in [-0.05, 0) is 30.3 Å². The van der Waals surface area contributed by atoms with Crippen molar-refractivity contribution in [1.29, 1.82) is 0 Å². The minimum absolute atomic E-state index is 0.0355. The quantitative estimate of drug-likeness (QED) is 0.841. The van der Waals surface area contributed by atoms with Crippen molar-refractivity contribution in [1.82, 2.24) is 4.90 Å². The number of amides is 1. The predicted molar refractivity (Wildman–Crippen MR) is 77.5 cm³/mol. The number of benzene rings is 1. The van der Waals surface area contributed by atoms with Crippen molar-refractivity contribution >= 4 is 11.7 Å². The van der Waals surface area contributed by atoms with Crippen LogP contribution < -0.4 is 9.88 Å². The molecule has 1 saturated heterocycles. The maximum atomic E-state index is 12.9. The molecule has 0 atom stereocenters. The lowest BCUT2D eigenvalue weighted by Crippen LogP contribution is -2.50. The van der Waals surface area contributed by atoms with E-state index in [0.717, 1.165) is 18.9 Å². The second-order valence-electron chi connectivity index (χ2n) is 5.03. The van der Waals surface area contributed by atoms with Crippen LogP contribution in [0.2, 0.25) is 0 Å². The monoisotopic (exact) mass is 286 g/mol. The van der Waals surface area contributed by atoms with E-state index in [1.807, 2.05) is 29.3 Å². The SMILES string of the molecule is O=C(c1ccc(F)cc1)N1CCN(c2cccc[nH+]2)CC1. The van der Waals surface area contributed by atoms with E-state index in [4.69, 9.17) is 0 Å². The molecule has 1 fully saturated rings. The molecule has 0 radical (unpaired) electrons. The van der Waals surface area contributed by atoms with Gasteiger partial charge in [0.1, 0.15) is 18.9 Å². The highest BCUT2D eigenvalue weighted by atomic mass is 19.1. The zero-order valence-electron chi connectivity index (χ0n) is 11.6. The second kappa shape index (κ2) is 5.91. The highest BCUT2D eigenvalue weighted by Crippen LogP contribution is 2.13. The first-order valence-electron chi connectivity index (χ1n) is 7.00. The van der Waals surface area contributed by atoms with E-state index in [0.29, 0.717) is 18.7 Å². The summed E-state index contributed by atoms with van der Waals surface area (Å²) in [4.78, 5) is 19.6. The standard InChI is InChI=1S/C16H16FN3O/c17-14-6-4-13(5-7-14)16(21)20-11-9-19(10-12-20)15-3-1-2-8-18-15/h1-8H,9-12H2/p+1. The molecule has 1 aliphatic heterocycles. The molecule has 2 aromatic rings. The Balaban J connectivity index is 1.63. The molecule has 1 aromatic heterocycles. The van der Waals surface area contributed by atoms with Crippen molar-refractivity contribution in [2.75, 3.05) is 31.1 Å². The lowest BCUT2D eigenvalue weighted by molar-refractivity contribution is -0.364. The number of rotatable bonds is 2. The summed E-state index contributed by atoms with van der Waals surface area (Å²) in [5.41, 5.74) is 0.538. The lowest BCUT2D eigenvalue weighted by atomic mass is 10.2. The van der Waals surface area contributed by atoms with Crippen molar-refractivity contribution in [2.24, 2.45) is 0 Å². The number of hydrogen-bond donors (Lipinski definition) is 0. The molecule has 0 unspecified atom stereocenters. The Kier molecular flexibility index (Phi) is 3.81. The molecule has 0 aliphatic carbocycles. The van der Waals surface area contributed by atoms with Crippen molar-refractivity contribution in [3.63, 3.8) is 0 Å². The van der Waals surface area contributed by atoms with Gasteiger partial charge in [-0.2, -0.15) is 0 Å². The van der Waals surface area contributed by atoms with E-state index in [1.165, 1.54) is 24.3 Å². The molecule has 2 heterocycles. The average Bonchev–Trinajstić information content (AvgIpc) is 2.56. The number of piperazine rings is 1. The molecule has 0 spiro atoms. The number of aromatic amines is 1. The molecule has 5 heteroatoms. The molecule has 1 aliphatic rings. The number of carbonyl (C=O) groups excluding carboxylic acids is 1. The summed E-state index contributed by atoms with van der Waals surface area (Å²) in [6.45, 7) is 2.90. The van der Waals surface area contributed by atoms with Crippen LogP contribution in [-0.2, 0) is 0 Å².